The first-order valence-electron chi connectivity index (χ1n) is 35.5. The van der Waals surface area contributed by atoms with E-state index in [0.717, 1.165) is 152 Å². The van der Waals surface area contributed by atoms with E-state index >= 15 is 9.46 Å². The Kier molecular flexibility index (Phi) is 13.1. The van der Waals surface area contributed by atoms with Gasteiger partial charge in [0.15, 0.2) is 0 Å². The van der Waals surface area contributed by atoms with Crippen molar-refractivity contribution in [2.24, 2.45) is 0 Å². The molecule has 494 valence electrons. The summed E-state index contributed by atoms with van der Waals surface area (Å²) in [7, 11) is -10.9. The first-order chi connectivity index (χ1) is 51.8. The minimum atomic E-state index is -5.63. The molecule has 0 aromatic heterocycles. The zero-order valence-corrected chi connectivity index (χ0v) is 58.2. The fraction of sp³-hybridized carbons (Fsp3) is 0. The van der Waals surface area contributed by atoms with Gasteiger partial charge in [-0.2, -0.15) is 0 Å². The van der Waals surface area contributed by atoms with Gasteiger partial charge < -0.3 is 0 Å². The van der Waals surface area contributed by atoms with Gasteiger partial charge in [-0.15, -0.1) is 0 Å². The molecule has 0 spiro atoms. The summed E-state index contributed by atoms with van der Waals surface area (Å²) < 4.78 is 50.3. The molecule has 0 atom stereocenters. The quantitative estimate of drug-likeness (QED) is 0.127. The third-order valence-electron chi connectivity index (χ3n) is 21.9. The molecule has 7 nitrogen and oxygen atoms in total. The van der Waals surface area contributed by atoms with Crippen molar-refractivity contribution < 1.29 is 27.6 Å². The Balaban J connectivity index is 0.896. The minimum absolute atomic E-state index is 0.282. The predicted octanol–water partition coefficient (Wildman–Crippen LogP) is 26.9. The van der Waals surface area contributed by atoms with E-state index in [1.807, 2.05) is 24.3 Å². The van der Waals surface area contributed by atoms with E-state index in [0.29, 0.717) is 56.0 Å². The van der Waals surface area contributed by atoms with Gasteiger partial charge >= 0.3 is 607 Å². The van der Waals surface area contributed by atoms with Crippen LogP contribution in [0.2, 0.25) is 0 Å². The molecule has 0 saturated carbocycles. The first kappa shape index (κ1) is 59.9. The summed E-state index contributed by atoms with van der Waals surface area (Å²) in [5, 5.41) is 22.9. The average molecular weight is 1380 g/mol. The van der Waals surface area contributed by atoms with E-state index in [1.54, 1.807) is 0 Å². The second-order valence-corrected chi connectivity index (χ2v) is 31.6. The Bertz CT molecular complexity index is 6650. The van der Waals surface area contributed by atoms with E-state index in [9.17, 15) is 0 Å². The summed E-state index contributed by atoms with van der Waals surface area (Å²) in [6, 6.07) is 118. The van der Waals surface area contributed by atoms with Crippen molar-refractivity contribution in [3.05, 3.63) is 340 Å². The zero-order valence-electron chi connectivity index (χ0n) is 56.3. The molecular weight excluding hydrogens is 1330 g/mol. The van der Waals surface area contributed by atoms with Crippen LogP contribution in [0.1, 0.15) is 0 Å². The molecule has 2 aliphatic rings. The molecule has 0 radical (unpaired) electrons. The van der Waals surface area contributed by atoms with Crippen molar-refractivity contribution in [2.45, 2.75) is 0 Å². The van der Waals surface area contributed by atoms with Gasteiger partial charge in [-0.05, 0) is 0 Å². The number of hydrogen-bond donors (Lipinski definition) is 2. The fourth-order valence-corrected chi connectivity index (χ4v) is 21.5. The van der Waals surface area contributed by atoms with E-state index in [2.05, 4.69) is 320 Å². The molecule has 0 bridgehead atoms. The van der Waals surface area contributed by atoms with E-state index in [4.69, 9.17) is 18.1 Å². The van der Waals surface area contributed by atoms with Crippen LogP contribution in [0.15, 0.2) is 340 Å². The van der Waals surface area contributed by atoms with Crippen LogP contribution >= 0.6 is 15.8 Å². The van der Waals surface area contributed by atoms with Crippen molar-refractivity contribution in [1.29, 1.82) is 0 Å². The molecule has 22 rings (SSSR count). The topological polar surface area (TPSA) is 86.3 Å². The van der Waals surface area contributed by atoms with Gasteiger partial charge in [-0.25, -0.2) is 0 Å². The van der Waals surface area contributed by atoms with Gasteiger partial charge in [0.05, 0.1) is 0 Å². The summed E-state index contributed by atoms with van der Waals surface area (Å²) in [5.74, 6) is 1.21. The normalized spacial score (nSPS) is 14.0. The van der Waals surface area contributed by atoms with Crippen LogP contribution in [-0.2, 0) is 4.57 Å². The molecule has 0 amide bonds. The maximum atomic E-state index is 18.7. The molecular formula is C96H59NO6P2. The number of hydrogen-bond acceptors (Lipinski definition) is 6. The van der Waals surface area contributed by atoms with E-state index in [1.165, 1.54) is 0 Å². The molecule has 20 aromatic rings. The zero-order chi connectivity index (χ0) is 69.2. The molecule has 0 aliphatic carbocycles. The summed E-state index contributed by atoms with van der Waals surface area (Å²) in [6.07, 6.45) is 0. The maximum absolute atomic E-state index is 18.7. The third kappa shape index (κ3) is 9.20. The Morgan fingerprint density at radius 2 is 0.381 bits per heavy atom. The summed E-state index contributed by atoms with van der Waals surface area (Å²) >= 11 is 0. The van der Waals surface area contributed by atoms with E-state index < -0.39 is 15.8 Å². The fourth-order valence-electron chi connectivity index (χ4n) is 17.5. The van der Waals surface area contributed by atoms with Crippen LogP contribution < -0.4 is 23.0 Å². The van der Waals surface area contributed by atoms with Crippen molar-refractivity contribution in [2.75, 3.05) is 0 Å². The SMILES string of the molecule is O=P1(N[PH]2(O)Oc3c(-c4c5ccccc5cc5ccccc45)cc4ccccc4c3-c3c(c(-c4c5ccccc5cc5ccccc45)cc4ccccc34)O2)Oc2c(-c3c4ccccc4cc4ccccc34)cc3ccccc3c2-c2c(c(-c3c4ccccc4cc4ccccc34)cc3ccccc23)O1. The monoisotopic (exact) mass is 1380 g/mol. The molecule has 105 heavy (non-hydrogen) atoms. The second-order valence-electron chi connectivity index (χ2n) is 27.8. The molecule has 0 fully saturated rings. The summed E-state index contributed by atoms with van der Waals surface area (Å²) in [6.45, 7) is 0. The van der Waals surface area contributed by atoms with Gasteiger partial charge in [0, 0.05) is 0 Å². The average Bonchev–Trinajstić information content (AvgIpc) is 1.67. The second kappa shape index (κ2) is 22.9. The molecule has 2 aliphatic heterocycles. The number of rotatable bonds is 6. The van der Waals surface area contributed by atoms with Gasteiger partial charge in [0.1, 0.15) is 0 Å². The van der Waals surface area contributed by atoms with Crippen LogP contribution in [0.4, 0.5) is 0 Å². The molecule has 0 saturated heterocycles. The Labute approximate surface area is 603 Å². The Morgan fingerprint density at radius 1 is 0.219 bits per heavy atom. The standard InChI is InChI=1S/C96H59NO6P2/c98-104(100-93-81(85-69-37-13-1-25-57(69)49-58-26-2-14-38-70(58)85)53-65-33-9-21-45-77(65)89(93)90-78-46-22-10-34-66(78)54-82(94(90)101-104)86-71-39-15-3-27-59(71)50-60-28-4-16-40-72(60)86)97-105(99)102-95-83(87-73-41-17-5-29-61(73)51-62-30-6-18-42-74(62)87)55-67-35-11-23-47-79(67)91(95)92-80-48-24-12-36-68(80)56-84(96(92)103-105)88-75-43-19-7-31-63(75)52-64-32-8-20-44-76(64)88/h1-56,98,104H,(H,97,99). The number of nitrogens with one attached hydrogen (secondary N) is 1. The van der Waals surface area contributed by atoms with Crippen LogP contribution in [0.3, 0.4) is 0 Å². The van der Waals surface area contributed by atoms with Gasteiger partial charge in [0.2, 0.25) is 0 Å². The molecule has 2 N–H and O–H groups in total. The van der Waals surface area contributed by atoms with Crippen molar-refractivity contribution >= 4 is 145 Å². The summed E-state index contributed by atoms with van der Waals surface area (Å²) in [5.41, 5.74) is 8.95. The molecule has 9 heteroatoms. The van der Waals surface area contributed by atoms with Crippen molar-refractivity contribution in [3.63, 3.8) is 0 Å². The van der Waals surface area contributed by atoms with Crippen molar-refractivity contribution in [1.82, 2.24) is 4.86 Å². The van der Waals surface area contributed by atoms with Crippen LogP contribution in [0.25, 0.3) is 196 Å². The number of fused-ring (bicyclic) bond motifs is 22. The Morgan fingerprint density at radius 3 is 0.590 bits per heavy atom. The molecule has 0 unspecified atom stereocenters. The first-order valence-corrected chi connectivity index (χ1v) is 38.8. The third-order valence-corrected chi connectivity index (χ3v) is 25.9. The summed E-state index contributed by atoms with van der Waals surface area (Å²) in [4.78, 5) is 18.7. The van der Waals surface area contributed by atoms with Crippen LogP contribution in [0, 0.1) is 0 Å². The van der Waals surface area contributed by atoms with Crippen LogP contribution in [0.5, 0.6) is 23.0 Å². The van der Waals surface area contributed by atoms with Gasteiger partial charge in [-0.3, -0.25) is 0 Å². The van der Waals surface area contributed by atoms with E-state index in [-0.39, 0.29) is 11.5 Å². The predicted molar refractivity (Wildman–Crippen MR) is 439 cm³/mol. The van der Waals surface area contributed by atoms with Crippen LogP contribution in [-0.4, -0.2) is 4.89 Å². The molecule has 2 heterocycles. The van der Waals surface area contributed by atoms with Crippen molar-refractivity contribution in [3.8, 4) is 89.8 Å². The van der Waals surface area contributed by atoms with Gasteiger partial charge in [-0.1, -0.05) is 0 Å². The number of benzene rings is 20. The van der Waals surface area contributed by atoms with Gasteiger partial charge in [0.25, 0.3) is 0 Å². The molecule has 20 aromatic carbocycles. The Hall–Kier alpha value is -12.7.